The molecule has 0 bridgehead atoms. The number of benzene rings is 1. The minimum atomic E-state index is -0.511. The minimum Gasteiger partial charge on any atom is -0.207 e. The molecule has 0 saturated heterocycles. The Morgan fingerprint density at radius 2 is 1.86 bits per heavy atom. The molecule has 1 aliphatic carbocycles. The zero-order valence-electron chi connectivity index (χ0n) is 8.39. The van der Waals surface area contributed by atoms with Crippen molar-refractivity contribution in [1.29, 1.82) is 5.26 Å². The van der Waals surface area contributed by atoms with E-state index < -0.39 is 5.41 Å². The Hall–Kier alpha value is -1.36. The van der Waals surface area contributed by atoms with Crippen LogP contribution in [0, 0.1) is 31.0 Å². The predicted molar refractivity (Wildman–Crippen MR) is 52.4 cm³/mol. The third kappa shape index (κ3) is 1.21. The molecule has 0 atom stereocenters. The van der Waals surface area contributed by atoms with Crippen LogP contribution in [0.5, 0.6) is 0 Å². The van der Waals surface area contributed by atoms with Crippen LogP contribution in [0.15, 0.2) is 12.1 Å². The Balaban J connectivity index is 2.55. The predicted octanol–water partition coefficient (Wildman–Crippen LogP) is 3.00. The molecule has 1 nitrogen and oxygen atoms in total. The van der Waals surface area contributed by atoms with Crippen LogP contribution in [0.3, 0.4) is 0 Å². The number of nitrogens with zero attached hydrogens (tertiary/aromatic N) is 1. The van der Waals surface area contributed by atoms with E-state index in [1.807, 2.05) is 19.9 Å². The van der Waals surface area contributed by atoms with Crippen molar-refractivity contribution in [3.63, 3.8) is 0 Å². The standard InChI is InChI=1S/C12H12FN/c1-8-5-10(11(13)6-9(8)2)12(7-14)3-4-12/h5-6H,3-4H2,1-2H3. The molecule has 14 heavy (non-hydrogen) atoms. The molecule has 1 aliphatic rings. The summed E-state index contributed by atoms with van der Waals surface area (Å²) < 4.78 is 13.6. The Bertz CT molecular complexity index is 425. The molecular weight excluding hydrogens is 177 g/mol. The monoisotopic (exact) mass is 189 g/mol. The van der Waals surface area contributed by atoms with E-state index >= 15 is 0 Å². The molecule has 1 saturated carbocycles. The van der Waals surface area contributed by atoms with E-state index in [-0.39, 0.29) is 5.82 Å². The number of aryl methyl sites for hydroxylation is 2. The highest BCUT2D eigenvalue weighted by molar-refractivity contribution is 5.43. The van der Waals surface area contributed by atoms with Gasteiger partial charge in [-0.2, -0.15) is 5.26 Å². The summed E-state index contributed by atoms with van der Waals surface area (Å²) in [5, 5.41) is 8.98. The average Bonchev–Trinajstić information content (AvgIpc) is 2.92. The molecule has 0 aliphatic heterocycles. The van der Waals surface area contributed by atoms with E-state index in [4.69, 9.17) is 5.26 Å². The Kier molecular flexibility index (Phi) is 1.85. The van der Waals surface area contributed by atoms with Gasteiger partial charge in [-0.15, -0.1) is 0 Å². The van der Waals surface area contributed by atoms with Gasteiger partial charge in [-0.3, -0.25) is 0 Å². The highest BCUT2D eigenvalue weighted by atomic mass is 19.1. The minimum absolute atomic E-state index is 0.229. The highest BCUT2D eigenvalue weighted by Gasteiger charge is 2.46. The van der Waals surface area contributed by atoms with Gasteiger partial charge in [-0.1, -0.05) is 6.07 Å². The van der Waals surface area contributed by atoms with Gasteiger partial charge in [0.25, 0.3) is 0 Å². The lowest BCUT2D eigenvalue weighted by Gasteiger charge is -2.10. The molecule has 1 aromatic rings. The van der Waals surface area contributed by atoms with E-state index in [2.05, 4.69) is 6.07 Å². The molecule has 0 N–H and O–H groups in total. The van der Waals surface area contributed by atoms with Crippen molar-refractivity contribution in [3.05, 3.63) is 34.6 Å². The summed E-state index contributed by atoms with van der Waals surface area (Å²) in [4.78, 5) is 0. The van der Waals surface area contributed by atoms with Crippen molar-refractivity contribution >= 4 is 0 Å². The molecule has 1 aromatic carbocycles. The fraction of sp³-hybridized carbons (Fsp3) is 0.417. The summed E-state index contributed by atoms with van der Waals surface area (Å²) in [7, 11) is 0. The molecule has 0 aromatic heterocycles. The molecule has 0 amide bonds. The molecule has 0 radical (unpaired) electrons. The lowest BCUT2D eigenvalue weighted by atomic mass is 9.93. The second-order valence-corrected chi connectivity index (χ2v) is 4.11. The van der Waals surface area contributed by atoms with Crippen LogP contribution in [0.4, 0.5) is 4.39 Å². The second-order valence-electron chi connectivity index (χ2n) is 4.11. The molecule has 2 rings (SSSR count). The van der Waals surface area contributed by atoms with E-state index in [1.165, 1.54) is 6.07 Å². The molecule has 72 valence electrons. The first-order chi connectivity index (χ1) is 6.59. The van der Waals surface area contributed by atoms with Gasteiger partial charge in [-0.25, -0.2) is 4.39 Å². The third-order valence-electron chi connectivity index (χ3n) is 3.06. The lowest BCUT2D eigenvalue weighted by Crippen LogP contribution is -2.06. The lowest BCUT2D eigenvalue weighted by molar-refractivity contribution is 0.597. The van der Waals surface area contributed by atoms with Gasteiger partial charge >= 0.3 is 0 Å². The van der Waals surface area contributed by atoms with Crippen LogP contribution in [0.2, 0.25) is 0 Å². The number of rotatable bonds is 1. The van der Waals surface area contributed by atoms with Crippen molar-refractivity contribution < 1.29 is 4.39 Å². The van der Waals surface area contributed by atoms with Gasteiger partial charge in [0.2, 0.25) is 0 Å². The topological polar surface area (TPSA) is 23.8 Å². The number of halogens is 1. The third-order valence-corrected chi connectivity index (χ3v) is 3.06. The Labute approximate surface area is 83.2 Å². The zero-order valence-corrected chi connectivity index (χ0v) is 8.39. The van der Waals surface area contributed by atoms with Crippen LogP contribution in [0.1, 0.15) is 29.5 Å². The zero-order chi connectivity index (χ0) is 10.3. The van der Waals surface area contributed by atoms with Crippen LogP contribution < -0.4 is 0 Å². The molecular formula is C12H12FN. The maximum Gasteiger partial charge on any atom is 0.128 e. The first-order valence-corrected chi connectivity index (χ1v) is 4.77. The van der Waals surface area contributed by atoms with Crippen molar-refractivity contribution in [2.24, 2.45) is 0 Å². The summed E-state index contributed by atoms with van der Waals surface area (Å²) >= 11 is 0. The van der Waals surface area contributed by atoms with Gasteiger partial charge in [0, 0.05) is 5.56 Å². The quantitative estimate of drug-likeness (QED) is 0.666. The molecule has 0 unspecified atom stereocenters. The van der Waals surface area contributed by atoms with E-state index in [9.17, 15) is 4.39 Å². The van der Waals surface area contributed by atoms with Crippen molar-refractivity contribution in [2.45, 2.75) is 32.1 Å². The van der Waals surface area contributed by atoms with Crippen LogP contribution >= 0.6 is 0 Å². The smallest absolute Gasteiger partial charge is 0.128 e. The van der Waals surface area contributed by atoms with E-state index in [1.54, 1.807) is 0 Å². The van der Waals surface area contributed by atoms with E-state index in [0.29, 0.717) is 5.56 Å². The van der Waals surface area contributed by atoms with Crippen LogP contribution in [0.25, 0.3) is 0 Å². The summed E-state index contributed by atoms with van der Waals surface area (Å²) in [6, 6.07) is 5.57. The average molecular weight is 189 g/mol. The van der Waals surface area contributed by atoms with Crippen molar-refractivity contribution in [1.82, 2.24) is 0 Å². The molecule has 1 fully saturated rings. The summed E-state index contributed by atoms with van der Waals surface area (Å²) in [5.41, 5.74) is 2.08. The fourth-order valence-electron chi connectivity index (χ4n) is 1.71. The van der Waals surface area contributed by atoms with Crippen LogP contribution in [-0.2, 0) is 5.41 Å². The summed E-state index contributed by atoms with van der Waals surface area (Å²) in [5.74, 6) is -0.229. The maximum absolute atomic E-state index is 13.6. The summed E-state index contributed by atoms with van der Waals surface area (Å²) in [6.07, 6.45) is 1.59. The van der Waals surface area contributed by atoms with Gasteiger partial charge in [0.15, 0.2) is 0 Å². The SMILES string of the molecule is Cc1cc(F)c(C2(C#N)CC2)cc1C. The number of hydrogen-bond acceptors (Lipinski definition) is 1. The normalized spacial score (nSPS) is 17.6. The number of hydrogen-bond donors (Lipinski definition) is 0. The Morgan fingerprint density at radius 3 is 2.36 bits per heavy atom. The summed E-state index contributed by atoms with van der Waals surface area (Å²) in [6.45, 7) is 3.83. The first kappa shape index (κ1) is 9.21. The van der Waals surface area contributed by atoms with Gasteiger partial charge in [-0.05, 0) is 43.9 Å². The van der Waals surface area contributed by atoms with E-state index in [0.717, 1.165) is 24.0 Å². The Morgan fingerprint density at radius 1 is 1.29 bits per heavy atom. The van der Waals surface area contributed by atoms with Gasteiger partial charge < -0.3 is 0 Å². The second kappa shape index (κ2) is 2.81. The van der Waals surface area contributed by atoms with Crippen molar-refractivity contribution in [3.8, 4) is 6.07 Å². The molecule has 0 heterocycles. The number of nitriles is 1. The highest BCUT2D eigenvalue weighted by Crippen LogP contribution is 2.48. The maximum atomic E-state index is 13.6. The van der Waals surface area contributed by atoms with Gasteiger partial charge in [0.05, 0.1) is 11.5 Å². The van der Waals surface area contributed by atoms with Gasteiger partial charge in [0.1, 0.15) is 5.82 Å². The first-order valence-electron chi connectivity index (χ1n) is 4.77. The largest absolute Gasteiger partial charge is 0.207 e. The molecule has 2 heteroatoms. The molecule has 0 spiro atoms. The van der Waals surface area contributed by atoms with Crippen molar-refractivity contribution in [2.75, 3.05) is 0 Å². The fourth-order valence-corrected chi connectivity index (χ4v) is 1.71. The van der Waals surface area contributed by atoms with Crippen LogP contribution in [-0.4, -0.2) is 0 Å².